The summed E-state index contributed by atoms with van der Waals surface area (Å²) in [5.41, 5.74) is 1.77. The molecule has 1 N–H and O–H groups in total. The minimum absolute atomic E-state index is 0.302. The highest BCUT2D eigenvalue weighted by atomic mass is 32.2. The lowest BCUT2D eigenvalue weighted by Gasteiger charge is -2.17. The molecule has 0 saturated carbocycles. The molecule has 2 aromatic rings. The highest BCUT2D eigenvalue weighted by Crippen LogP contribution is 2.19. The van der Waals surface area contributed by atoms with Gasteiger partial charge in [0.1, 0.15) is 6.61 Å². The van der Waals surface area contributed by atoms with E-state index in [-0.39, 0.29) is 6.03 Å². The SMILES string of the molecule is CSc1cccc(NC(=O)N(C)OCc2ccccc2)c1. The Bertz CT molecular complexity index is 590. The van der Waals surface area contributed by atoms with Crippen LogP contribution in [0.25, 0.3) is 0 Å². The van der Waals surface area contributed by atoms with Crippen molar-refractivity contribution in [3.8, 4) is 0 Å². The molecular formula is C16H18N2O2S. The fraction of sp³-hybridized carbons (Fsp3) is 0.188. The van der Waals surface area contributed by atoms with Gasteiger partial charge in [-0.05, 0) is 30.0 Å². The molecule has 2 amide bonds. The lowest BCUT2D eigenvalue weighted by Crippen LogP contribution is -2.31. The van der Waals surface area contributed by atoms with Gasteiger partial charge in [-0.25, -0.2) is 9.86 Å². The molecule has 4 nitrogen and oxygen atoms in total. The number of hydroxylamine groups is 2. The first kappa shape index (κ1) is 15.4. The Labute approximate surface area is 129 Å². The number of thioether (sulfide) groups is 1. The average molecular weight is 302 g/mol. The molecule has 0 aliphatic rings. The predicted octanol–water partition coefficient (Wildman–Crippen LogP) is 4.00. The van der Waals surface area contributed by atoms with E-state index in [2.05, 4.69) is 5.32 Å². The Hall–Kier alpha value is -1.98. The molecule has 0 radical (unpaired) electrons. The molecule has 0 aromatic heterocycles. The lowest BCUT2D eigenvalue weighted by atomic mass is 10.2. The lowest BCUT2D eigenvalue weighted by molar-refractivity contribution is -0.105. The first-order chi connectivity index (χ1) is 10.2. The monoisotopic (exact) mass is 302 g/mol. The molecule has 21 heavy (non-hydrogen) atoms. The summed E-state index contributed by atoms with van der Waals surface area (Å²) in [5, 5.41) is 4.01. The van der Waals surface area contributed by atoms with Crippen LogP contribution in [0, 0.1) is 0 Å². The van der Waals surface area contributed by atoms with E-state index in [9.17, 15) is 4.79 Å². The molecule has 0 atom stereocenters. The summed E-state index contributed by atoms with van der Waals surface area (Å²) in [7, 11) is 1.59. The third-order valence-electron chi connectivity index (χ3n) is 2.87. The fourth-order valence-corrected chi connectivity index (χ4v) is 2.17. The second-order valence-electron chi connectivity index (χ2n) is 4.42. The van der Waals surface area contributed by atoms with Crippen molar-refractivity contribution in [1.82, 2.24) is 5.06 Å². The van der Waals surface area contributed by atoms with E-state index in [0.29, 0.717) is 6.61 Å². The van der Waals surface area contributed by atoms with E-state index < -0.39 is 0 Å². The van der Waals surface area contributed by atoms with Crippen molar-refractivity contribution in [1.29, 1.82) is 0 Å². The fourth-order valence-electron chi connectivity index (χ4n) is 1.71. The molecule has 0 heterocycles. The number of benzene rings is 2. The minimum atomic E-state index is -0.302. The molecule has 0 saturated heterocycles. The predicted molar refractivity (Wildman–Crippen MR) is 86.2 cm³/mol. The largest absolute Gasteiger partial charge is 0.345 e. The normalized spacial score (nSPS) is 10.2. The first-order valence-electron chi connectivity index (χ1n) is 6.54. The van der Waals surface area contributed by atoms with E-state index in [1.54, 1.807) is 18.8 Å². The number of rotatable bonds is 5. The molecule has 0 unspecified atom stereocenters. The van der Waals surface area contributed by atoms with Crippen molar-refractivity contribution >= 4 is 23.5 Å². The quantitative estimate of drug-likeness (QED) is 0.670. The number of hydrogen-bond donors (Lipinski definition) is 1. The van der Waals surface area contributed by atoms with E-state index in [1.165, 1.54) is 5.06 Å². The first-order valence-corrected chi connectivity index (χ1v) is 7.77. The van der Waals surface area contributed by atoms with Crippen LogP contribution in [0.4, 0.5) is 10.5 Å². The van der Waals surface area contributed by atoms with Crippen LogP contribution in [0.15, 0.2) is 59.5 Å². The molecule has 0 fully saturated rings. The number of urea groups is 1. The van der Waals surface area contributed by atoms with Crippen LogP contribution in [0.1, 0.15) is 5.56 Å². The Morgan fingerprint density at radius 3 is 2.67 bits per heavy atom. The smallest absolute Gasteiger partial charge is 0.306 e. The molecule has 2 aromatic carbocycles. The Morgan fingerprint density at radius 1 is 1.19 bits per heavy atom. The molecular weight excluding hydrogens is 284 g/mol. The summed E-state index contributed by atoms with van der Waals surface area (Å²) in [6.45, 7) is 0.357. The summed E-state index contributed by atoms with van der Waals surface area (Å²) in [4.78, 5) is 18.5. The maximum Gasteiger partial charge on any atom is 0.345 e. The Balaban J connectivity index is 1.87. The van der Waals surface area contributed by atoms with Gasteiger partial charge in [0.25, 0.3) is 0 Å². The standard InChI is InChI=1S/C16H18N2O2S/c1-18(20-12-13-7-4-3-5-8-13)16(19)17-14-9-6-10-15(11-14)21-2/h3-11H,12H2,1-2H3,(H,17,19). The van der Waals surface area contributed by atoms with Crippen molar-refractivity contribution in [3.63, 3.8) is 0 Å². The summed E-state index contributed by atoms with van der Waals surface area (Å²) >= 11 is 1.63. The molecule has 110 valence electrons. The van der Waals surface area contributed by atoms with Gasteiger partial charge in [0, 0.05) is 17.6 Å². The van der Waals surface area contributed by atoms with E-state index in [4.69, 9.17) is 4.84 Å². The van der Waals surface area contributed by atoms with Crippen molar-refractivity contribution in [2.75, 3.05) is 18.6 Å². The van der Waals surface area contributed by atoms with Gasteiger partial charge >= 0.3 is 6.03 Å². The number of carbonyl (C=O) groups excluding carboxylic acids is 1. The van der Waals surface area contributed by atoms with Gasteiger partial charge in [-0.3, -0.25) is 4.84 Å². The zero-order chi connectivity index (χ0) is 15.1. The number of amides is 2. The second kappa shape index (κ2) is 7.71. The van der Waals surface area contributed by atoms with Gasteiger partial charge in [-0.15, -0.1) is 11.8 Å². The number of nitrogens with one attached hydrogen (secondary N) is 1. The summed E-state index contributed by atoms with van der Waals surface area (Å²) in [6, 6.07) is 17.1. The molecule has 0 spiro atoms. The summed E-state index contributed by atoms with van der Waals surface area (Å²) in [6.07, 6.45) is 2.00. The molecule has 2 rings (SSSR count). The Morgan fingerprint density at radius 2 is 1.95 bits per heavy atom. The molecule has 5 heteroatoms. The third-order valence-corrected chi connectivity index (χ3v) is 3.60. The highest BCUT2D eigenvalue weighted by Gasteiger charge is 2.09. The maximum absolute atomic E-state index is 12.0. The van der Waals surface area contributed by atoms with Crippen LogP contribution in [0.2, 0.25) is 0 Å². The van der Waals surface area contributed by atoms with Crippen LogP contribution in [0.3, 0.4) is 0 Å². The zero-order valence-corrected chi connectivity index (χ0v) is 12.9. The molecule has 0 aliphatic heterocycles. The van der Waals surface area contributed by atoms with E-state index in [0.717, 1.165) is 16.1 Å². The number of anilines is 1. The summed E-state index contributed by atoms with van der Waals surface area (Å²) < 4.78 is 0. The van der Waals surface area contributed by atoms with E-state index in [1.807, 2.05) is 60.9 Å². The third kappa shape index (κ3) is 4.81. The zero-order valence-electron chi connectivity index (χ0n) is 12.1. The molecule has 0 bridgehead atoms. The van der Waals surface area contributed by atoms with Crippen LogP contribution in [-0.4, -0.2) is 24.4 Å². The van der Waals surface area contributed by atoms with Gasteiger partial charge in [-0.1, -0.05) is 36.4 Å². The number of nitrogens with zero attached hydrogens (tertiary/aromatic N) is 1. The van der Waals surface area contributed by atoms with Gasteiger partial charge in [-0.2, -0.15) is 0 Å². The molecule has 0 aliphatic carbocycles. The second-order valence-corrected chi connectivity index (χ2v) is 5.30. The van der Waals surface area contributed by atoms with Gasteiger partial charge in [0.05, 0.1) is 0 Å². The van der Waals surface area contributed by atoms with Crippen LogP contribution < -0.4 is 5.32 Å². The van der Waals surface area contributed by atoms with Crippen molar-refractivity contribution in [2.24, 2.45) is 0 Å². The van der Waals surface area contributed by atoms with Gasteiger partial charge in [0.15, 0.2) is 0 Å². The number of hydrogen-bond acceptors (Lipinski definition) is 3. The van der Waals surface area contributed by atoms with Crippen LogP contribution >= 0.6 is 11.8 Å². The van der Waals surface area contributed by atoms with Crippen LogP contribution in [-0.2, 0) is 11.4 Å². The summed E-state index contributed by atoms with van der Waals surface area (Å²) in [5.74, 6) is 0. The van der Waals surface area contributed by atoms with E-state index >= 15 is 0 Å². The number of carbonyl (C=O) groups is 1. The average Bonchev–Trinajstić information content (AvgIpc) is 2.53. The van der Waals surface area contributed by atoms with Crippen molar-refractivity contribution < 1.29 is 9.63 Å². The van der Waals surface area contributed by atoms with Crippen molar-refractivity contribution in [2.45, 2.75) is 11.5 Å². The van der Waals surface area contributed by atoms with Crippen LogP contribution in [0.5, 0.6) is 0 Å². The highest BCUT2D eigenvalue weighted by molar-refractivity contribution is 7.98. The maximum atomic E-state index is 12.0. The van der Waals surface area contributed by atoms with Gasteiger partial charge in [0.2, 0.25) is 0 Å². The minimum Gasteiger partial charge on any atom is -0.306 e. The topological polar surface area (TPSA) is 41.6 Å². The van der Waals surface area contributed by atoms with Crippen molar-refractivity contribution in [3.05, 3.63) is 60.2 Å². The van der Waals surface area contributed by atoms with Gasteiger partial charge < -0.3 is 5.32 Å². The Kier molecular flexibility index (Phi) is 5.66.